The molecule has 1 unspecified atom stereocenters. The highest BCUT2D eigenvalue weighted by Gasteiger charge is 2.23. The number of methoxy groups -OCH3 is 1. The number of anilines is 1. The van der Waals surface area contributed by atoms with Crippen molar-refractivity contribution in [1.82, 2.24) is 19.9 Å². The monoisotopic (exact) mass is 527 g/mol. The van der Waals surface area contributed by atoms with Crippen LogP contribution in [0.3, 0.4) is 0 Å². The fourth-order valence-electron chi connectivity index (χ4n) is 3.49. The van der Waals surface area contributed by atoms with Gasteiger partial charge < -0.3 is 20.1 Å². The number of ether oxygens (including phenoxy) is 1. The molecule has 2 N–H and O–H groups in total. The van der Waals surface area contributed by atoms with E-state index in [4.69, 9.17) is 4.74 Å². The molecule has 1 fully saturated rings. The van der Waals surface area contributed by atoms with Crippen LogP contribution in [0.2, 0.25) is 0 Å². The van der Waals surface area contributed by atoms with E-state index < -0.39 is 18.3 Å². The fourth-order valence-corrected chi connectivity index (χ4v) is 4.34. The lowest BCUT2D eigenvalue weighted by Crippen LogP contribution is -2.24. The molecule has 0 spiro atoms. The van der Waals surface area contributed by atoms with Crippen LogP contribution in [0.5, 0.6) is 5.75 Å². The van der Waals surface area contributed by atoms with E-state index in [-0.39, 0.29) is 23.6 Å². The van der Waals surface area contributed by atoms with Gasteiger partial charge in [-0.1, -0.05) is 23.2 Å². The van der Waals surface area contributed by atoms with Gasteiger partial charge in [0.15, 0.2) is 11.4 Å². The number of nitrogens with one attached hydrogen (secondary N) is 1. The number of hydrogen-bond donors (Lipinski definition) is 2. The summed E-state index contributed by atoms with van der Waals surface area (Å²) in [5, 5.41) is 14.6. The van der Waals surface area contributed by atoms with Crippen molar-refractivity contribution in [3.8, 4) is 28.7 Å². The molecule has 4 rings (SSSR count). The first-order chi connectivity index (χ1) is 17.7. The second-order valence-electron chi connectivity index (χ2n) is 8.86. The Hall–Kier alpha value is -3.62. The number of hydrogen-bond acceptors (Lipinski definition) is 8. The average molecular weight is 528 g/mol. The predicted octanol–water partition coefficient (Wildman–Crippen LogP) is 4.35. The van der Waals surface area contributed by atoms with Gasteiger partial charge in [-0.15, -0.1) is 0 Å². The first-order valence-corrected chi connectivity index (χ1v) is 12.4. The molecule has 3 heterocycles. The van der Waals surface area contributed by atoms with Gasteiger partial charge in [-0.2, -0.15) is 0 Å². The van der Waals surface area contributed by atoms with E-state index in [1.807, 2.05) is 6.92 Å². The van der Waals surface area contributed by atoms with Crippen molar-refractivity contribution in [2.24, 2.45) is 5.92 Å². The number of alkyl halides is 2. The Morgan fingerprint density at radius 1 is 1.27 bits per heavy atom. The minimum atomic E-state index is -2.80. The maximum Gasteiger partial charge on any atom is 0.280 e. The molecular formula is C26H27F2N5O3S. The van der Waals surface area contributed by atoms with Crippen molar-refractivity contribution in [1.29, 1.82) is 0 Å². The fraction of sp³-hybridized carbons (Fsp3) is 0.385. The third-order valence-electron chi connectivity index (χ3n) is 5.76. The Balaban J connectivity index is 1.73. The standard InChI is InChI=1S/C26H27F2N5O3S/c1-14-22(8-7-15-5-6-15)37-26(31-14)32-25(35)19-12-29-16(10-23(34)33(2)3)9-17(19)18-11-20(24(27)28)30-13-21(18)36-4/h9,11-13,15,24-25,35H,5-6,10H2,1-4H3,(H,31,32). The Morgan fingerprint density at radius 3 is 2.68 bits per heavy atom. The summed E-state index contributed by atoms with van der Waals surface area (Å²) in [6.45, 7) is 1.85. The van der Waals surface area contributed by atoms with Gasteiger partial charge in [-0.25, -0.2) is 13.8 Å². The molecule has 1 aliphatic rings. The zero-order valence-corrected chi connectivity index (χ0v) is 21.7. The second-order valence-corrected chi connectivity index (χ2v) is 9.86. The van der Waals surface area contributed by atoms with Crippen LogP contribution >= 0.6 is 11.3 Å². The Bertz CT molecular complexity index is 1360. The van der Waals surface area contributed by atoms with Gasteiger partial charge in [0, 0.05) is 37.3 Å². The first-order valence-electron chi connectivity index (χ1n) is 11.6. The summed E-state index contributed by atoms with van der Waals surface area (Å²) in [5.74, 6) is 6.86. The van der Waals surface area contributed by atoms with Gasteiger partial charge in [0.2, 0.25) is 5.91 Å². The Kier molecular flexibility index (Phi) is 8.00. The van der Waals surface area contributed by atoms with Crippen LogP contribution in [0.1, 0.15) is 53.0 Å². The normalized spacial score (nSPS) is 13.6. The number of aliphatic hydroxyl groups excluding tert-OH is 1. The molecule has 37 heavy (non-hydrogen) atoms. The summed E-state index contributed by atoms with van der Waals surface area (Å²) >= 11 is 1.32. The number of carbonyl (C=O) groups is 1. The van der Waals surface area contributed by atoms with E-state index >= 15 is 0 Å². The van der Waals surface area contributed by atoms with Crippen molar-refractivity contribution in [3.63, 3.8) is 0 Å². The zero-order valence-electron chi connectivity index (χ0n) is 20.9. The molecule has 1 saturated carbocycles. The summed E-state index contributed by atoms with van der Waals surface area (Å²) < 4.78 is 32.4. The molecule has 194 valence electrons. The lowest BCUT2D eigenvalue weighted by molar-refractivity contribution is -0.128. The van der Waals surface area contributed by atoms with Crippen LogP contribution in [-0.4, -0.2) is 52.1 Å². The Morgan fingerprint density at radius 2 is 2.03 bits per heavy atom. The van der Waals surface area contributed by atoms with Crippen molar-refractivity contribution in [3.05, 3.63) is 52.0 Å². The topological polar surface area (TPSA) is 100 Å². The maximum absolute atomic E-state index is 13.5. The van der Waals surface area contributed by atoms with Gasteiger partial charge in [-0.3, -0.25) is 14.8 Å². The number of rotatable bonds is 8. The van der Waals surface area contributed by atoms with Gasteiger partial charge in [-0.05, 0) is 37.5 Å². The van der Waals surface area contributed by atoms with Crippen LogP contribution in [0.15, 0.2) is 24.5 Å². The maximum atomic E-state index is 13.5. The van der Waals surface area contributed by atoms with Crippen LogP contribution in [0.4, 0.5) is 13.9 Å². The van der Waals surface area contributed by atoms with Crippen LogP contribution < -0.4 is 10.1 Å². The van der Waals surface area contributed by atoms with Crippen LogP contribution in [0, 0.1) is 24.7 Å². The highest BCUT2D eigenvalue weighted by Crippen LogP contribution is 2.37. The molecule has 0 bridgehead atoms. The summed E-state index contributed by atoms with van der Waals surface area (Å²) in [5.41, 5.74) is 1.67. The third-order valence-corrected chi connectivity index (χ3v) is 6.77. The molecule has 1 aliphatic carbocycles. The molecule has 0 saturated heterocycles. The smallest absolute Gasteiger partial charge is 0.280 e. The van der Waals surface area contributed by atoms with E-state index in [0.29, 0.717) is 27.9 Å². The molecule has 1 atom stereocenters. The summed E-state index contributed by atoms with van der Waals surface area (Å²) in [6.07, 6.45) is 0.763. The third kappa shape index (κ3) is 6.39. The number of pyridine rings is 2. The van der Waals surface area contributed by atoms with E-state index in [9.17, 15) is 18.7 Å². The average Bonchev–Trinajstić information content (AvgIpc) is 3.63. The molecule has 8 nitrogen and oxygen atoms in total. The molecule has 3 aromatic heterocycles. The van der Waals surface area contributed by atoms with E-state index in [1.54, 1.807) is 20.2 Å². The molecular weight excluding hydrogens is 500 g/mol. The van der Waals surface area contributed by atoms with E-state index in [1.165, 1.54) is 41.8 Å². The number of likely N-dealkylation sites (N-methyl/N-ethyl adjacent to an activating group) is 1. The number of aromatic nitrogens is 3. The summed E-state index contributed by atoms with van der Waals surface area (Å²) in [7, 11) is 4.66. The largest absolute Gasteiger partial charge is 0.494 e. The molecule has 3 aromatic rings. The molecule has 0 radical (unpaired) electrons. The number of aryl methyl sites for hydroxylation is 1. The summed E-state index contributed by atoms with van der Waals surface area (Å²) in [4.78, 5) is 27.1. The predicted molar refractivity (Wildman–Crippen MR) is 136 cm³/mol. The zero-order chi connectivity index (χ0) is 26.7. The van der Waals surface area contributed by atoms with Crippen molar-refractivity contribution >= 4 is 22.4 Å². The first kappa shape index (κ1) is 26.4. The van der Waals surface area contributed by atoms with Gasteiger partial charge in [0.05, 0.1) is 31.1 Å². The second kappa shape index (κ2) is 11.2. The highest BCUT2D eigenvalue weighted by molar-refractivity contribution is 7.16. The highest BCUT2D eigenvalue weighted by atomic mass is 32.1. The Labute approximate surface area is 217 Å². The number of thiazole rings is 1. The van der Waals surface area contributed by atoms with Gasteiger partial charge in [0.25, 0.3) is 6.43 Å². The van der Waals surface area contributed by atoms with Gasteiger partial charge in [0.1, 0.15) is 16.3 Å². The van der Waals surface area contributed by atoms with Crippen LogP contribution in [-0.2, 0) is 11.2 Å². The summed E-state index contributed by atoms with van der Waals surface area (Å²) in [6, 6.07) is 2.81. The van der Waals surface area contributed by atoms with Crippen molar-refractivity contribution in [2.45, 2.75) is 38.8 Å². The number of halogens is 2. The van der Waals surface area contributed by atoms with E-state index in [0.717, 1.165) is 23.4 Å². The molecule has 11 heteroatoms. The van der Waals surface area contributed by atoms with Gasteiger partial charge >= 0.3 is 0 Å². The lowest BCUT2D eigenvalue weighted by Gasteiger charge is -2.19. The SMILES string of the molecule is COc1cnc(C(F)F)cc1-c1cc(CC(=O)N(C)C)ncc1C(O)Nc1nc(C)c(C#CC2CC2)s1. The number of nitrogens with zero attached hydrogens (tertiary/aromatic N) is 4. The quantitative estimate of drug-likeness (QED) is 0.332. The molecule has 0 aromatic carbocycles. The number of aliphatic hydroxyl groups is 1. The number of carbonyl (C=O) groups excluding carboxylic acids is 1. The van der Waals surface area contributed by atoms with Crippen molar-refractivity contribution in [2.75, 3.05) is 26.5 Å². The van der Waals surface area contributed by atoms with Crippen LogP contribution in [0.25, 0.3) is 11.1 Å². The molecule has 1 amide bonds. The van der Waals surface area contributed by atoms with E-state index in [2.05, 4.69) is 32.1 Å². The van der Waals surface area contributed by atoms with Crippen molar-refractivity contribution < 1.29 is 23.4 Å². The lowest BCUT2D eigenvalue weighted by atomic mass is 9.98. The minimum absolute atomic E-state index is 0.00634. The molecule has 0 aliphatic heterocycles. The minimum Gasteiger partial charge on any atom is -0.494 e. The number of amides is 1.